The molecule has 0 aromatic heterocycles. The highest BCUT2D eigenvalue weighted by atomic mass is 16.5. The van der Waals surface area contributed by atoms with Crippen LogP contribution < -0.4 is 0 Å². The lowest BCUT2D eigenvalue weighted by atomic mass is 9.74. The van der Waals surface area contributed by atoms with Crippen LogP contribution in [-0.4, -0.2) is 42.6 Å². The first-order valence-corrected chi connectivity index (χ1v) is 11.6. The largest absolute Gasteiger partial charge is 0.462 e. The van der Waals surface area contributed by atoms with Crippen molar-refractivity contribution in [3.05, 3.63) is 89.1 Å². The van der Waals surface area contributed by atoms with Crippen molar-refractivity contribution in [1.29, 1.82) is 0 Å². The van der Waals surface area contributed by atoms with Crippen LogP contribution in [0.1, 0.15) is 45.7 Å². The number of carbonyl (C=O) groups is 2. The normalized spacial score (nSPS) is 20.7. The minimum Gasteiger partial charge on any atom is -0.462 e. The van der Waals surface area contributed by atoms with Gasteiger partial charge in [0.1, 0.15) is 5.70 Å². The van der Waals surface area contributed by atoms with Gasteiger partial charge >= 0.3 is 11.9 Å². The van der Waals surface area contributed by atoms with Crippen LogP contribution in [0.4, 0.5) is 0 Å². The Morgan fingerprint density at radius 3 is 1.97 bits per heavy atom. The summed E-state index contributed by atoms with van der Waals surface area (Å²) in [6, 6.07) is 19.7. The average Bonchev–Trinajstić information content (AvgIpc) is 2.93. The standard InChI is InChI=1S/C28H33NO4/c1-6-29-20(4)28(5,22-17-13-10-14-18-22)19-23(21-15-11-9-12-16-21)24(26(30)32-7-2)25(29)27(31)33-8-3/h9-20H,6-8H2,1-5H3. The summed E-state index contributed by atoms with van der Waals surface area (Å²) in [5.74, 6) is -1.05. The maximum atomic E-state index is 13.4. The van der Waals surface area contributed by atoms with E-state index < -0.39 is 17.4 Å². The summed E-state index contributed by atoms with van der Waals surface area (Å²) in [7, 11) is 0. The number of carbonyl (C=O) groups excluding carboxylic acids is 2. The molecule has 2 unspecified atom stereocenters. The summed E-state index contributed by atoms with van der Waals surface area (Å²) in [6.07, 6.45) is 2.11. The number of likely N-dealkylation sites (N-methyl/N-ethyl adjacent to an activating group) is 1. The van der Waals surface area contributed by atoms with E-state index in [2.05, 4.69) is 32.1 Å². The first-order chi connectivity index (χ1) is 15.9. The van der Waals surface area contributed by atoms with Crippen molar-refractivity contribution in [2.45, 2.75) is 46.1 Å². The number of rotatable bonds is 7. The van der Waals surface area contributed by atoms with E-state index in [9.17, 15) is 9.59 Å². The van der Waals surface area contributed by atoms with Gasteiger partial charge in [0.2, 0.25) is 0 Å². The van der Waals surface area contributed by atoms with Crippen molar-refractivity contribution in [3.63, 3.8) is 0 Å². The van der Waals surface area contributed by atoms with Crippen LogP contribution >= 0.6 is 0 Å². The molecule has 0 fully saturated rings. The van der Waals surface area contributed by atoms with E-state index in [0.29, 0.717) is 12.1 Å². The molecule has 0 bridgehead atoms. The molecule has 0 saturated carbocycles. The Kier molecular flexibility index (Phi) is 7.75. The van der Waals surface area contributed by atoms with Crippen LogP contribution in [0.2, 0.25) is 0 Å². The molecule has 2 atom stereocenters. The molecule has 0 radical (unpaired) electrons. The third-order valence-electron chi connectivity index (χ3n) is 6.34. The van der Waals surface area contributed by atoms with Gasteiger partial charge in [-0.05, 0) is 51.3 Å². The number of ether oxygens (including phenoxy) is 2. The molecule has 1 aliphatic heterocycles. The highest BCUT2D eigenvalue weighted by Gasteiger charge is 2.43. The predicted octanol–water partition coefficient (Wildman–Crippen LogP) is 5.13. The van der Waals surface area contributed by atoms with E-state index in [1.54, 1.807) is 13.8 Å². The second-order valence-corrected chi connectivity index (χ2v) is 8.20. The highest BCUT2D eigenvalue weighted by Crippen LogP contribution is 2.43. The first kappa shape index (κ1) is 24.3. The smallest absolute Gasteiger partial charge is 0.355 e. The van der Waals surface area contributed by atoms with E-state index in [1.807, 2.05) is 60.4 Å². The SMILES string of the molecule is CCOC(=O)C1=C(C(=O)OCC)N(CC)C(C)C(C)(c2ccccc2)C=C1c1ccccc1. The molecule has 0 aliphatic carbocycles. The summed E-state index contributed by atoms with van der Waals surface area (Å²) in [5.41, 5.74) is 2.60. The molecular weight excluding hydrogens is 414 g/mol. The van der Waals surface area contributed by atoms with Gasteiger partial charge in [0.25, 0.3) is 0 Å². The highest BCUT2D eigenvalue weighted by molar-refractivity contribution is 6.12. The fourth-order valence-electron chi connectivity index (χ4n) is 4.51. The van der Waals surface area contributed by atoms with E-state index in [0.717, 1.165) is 11.1 Å². The van der Waals surface area contributed by atoms with E-state index in [1.165, 1.54) is 0 Å². The van der Waals surface area contributed by atoms with Crippen LogP contribution in [0.5, 0.6) is 0 Å². The van der Waals surface area contributed by atoms with Gasteiger partial charge in [0.05, 0.1) is 18.8 Å². The Labute approximate surface area is 196 Å². The Balaban J connectivity index is 2.42. The van der Waals surface area contributed by atoms with Gasteiger partial charge in [-0.2, -0.15) is 0 Å². The fraction of sp³-hybridized carbons (Fsp3) is 0.357. The topological polar surface area (TPSA) is 55.8 Å². The van der Waals surface area contributed by atoms with E-state index in [4.69, 9.17) is 9.47 Å². The van der Waals surface area contributed by atoms with Gasteiger partial charge in [-0.1, -0.05) is 66.7 Å². The molecule has 1 heterocycles. The summed E-state index contributed by atoms with van der Waals surface area (Å²) in [6.45, 7) is 10.7. The van der Waals surface area contributed by atoms with Crippen molar-refractivity contribution in [2.75, 3.05) is 19.8 Å². The maximum Gasteiger partial charge on any atom is 0.355 e. The van der Waals surface area contributed by atoms with Gasteiger partial charge in [0.15, 0.2) is 0 Å². The van der Waals surface area contributed by atoms with Crippen molar-refractivity contribution in [1.82, 2.24) is 4.90 Å². The number of nitrogens with zero attached hydrogens (tertiary/aromatic N) is 1. The molecule has 0 amide bonds. The van der Waals surface area contributed by atoms with Crippen molar-refractivity contribution in [2.24, 2.45) is 0 Å². The van der Waals surface area contributed by atoms with Crippen molar-refractivity contribution in [3.8, 4) is 0 Å². The first-order valence-electron chi connectivity index (χ1n) is 11.6. The number of benzene rings is 2. The zero-order valence-electron chi connectivity index (χ0n) is 20.1. The Morgan fingerprint density at radius 2 is 1.42 bits per heavy atom. The predicted molar refractivity (Wildman–Crippen MR) is 130 cm³/mol. The Bertz CT molecular complexity index is 1040. The molecular formula is C28H33NO4. The molecule has 5 nitrogen and oxygen atoms in total. The number of hydrogen-bond donors (Lipinski definition) is 0. The molecule has 2 aromatic rings. The lowest BCUT2D eigenvalue weighted by Crippen LogP contribution is -2.47. The van der Waals surface area contributed by atoms with E-state index in [-0.39, 0.29) is 30.5 Å². The van der Waals surface area contributed by atoms with Crippen molar-refractivity contribution < 1.29 is 19.1 Å². The Morgan fingerprint density at radius 1 is 0.879 bits per heavy atom. The second kappa shape index (κ2) is 10.5. The van der Waals surface area contributed by atoms with Gasteiger partial charge in [-0.15, -0.1) is 0 Å². The third-order valence-corrected chi connectivity index (χ3v) is 6.34. The molecule has 5 heteroatoms. The molecule has 1 aliphatic rings. The molecule has 0 spiro atoms. The van der Waals surface area contributed by atoms with Gasteiger partial charge < -0.3 is 14.4 Å². The molecule has 2 aromatic carbocycles. The summed E-state index contributed by atoms with van der Waals surface area (Å²) >= 11 is 0. The molecule has 3 rings (SSSR count). The lowest BCUT2D eigenvalue weighted by molar-refractivity contribution is -0.143. The summed E-state index contributed by atoms with van der Waals surface area (Å²) in [4.78, 5) is 28.7. The van der Waals surface area contributed by atoms with E-state index >= 15 is 0 Å². The third kappa shape index (κ3) is 4.72. The lowest BCUT2D eigenvalue weighted by Gasteiger charge is -2.41. The van der Waals surface area contributed by atoms with Crippen LogP contribution in [0.15, 0.2) is 78.0 Å². The van der Waals surface area contributed by atoms with Crippen LogP contribution in [0, 0.1) is 0 Å². The van der Waals surface area contributed by atoms with Gasteiger partial charge in [0, 0.05) is 18.0 Å². The van der Waals surface area contributed by atoms with Gasteiger partial charge in [-0.3, -0.25) is 0 Å². The minimum absolute atomic E-state index is 0.144. The van der Waals surface area contributed by atoms with Crippen LogP contribution in [0.25, 0.3) is 5.57 Å². The zero-order chi connectivity index (χ0) is 24.0. The van der Waals surface area contributed by atoms with Crippen LogP contribution in [0.3, 0.4) is 0 Å². The Hall–Kier alpha value is -3.34. The van der Waals surface area contributed by atoms with Crippen molar-refractivity contribution >= 4 is 17.5 Å². The van der Waals surface area contributed by atoms with Gasteiger partial charge in [-0.25, -0.2) is 9.59 Å². The number of hydrogen-bond acceptors (Lipinski definition) is 5. The molecule has 0 N–H and O–H groups in total. The zero-order valence-corrected chi connectivity index (χ0v) is 20.1. The number of esters is 2. The monoisotopic (exact) mass is 447 g/mol. The summed E-state index contributed by atoms with van der Waals surface area (Å²) < 4.78 is 10.9. The summed E-state index contributed by atoms with van der Waals surface area (Å²) in [5, 5.41) is 0. The second-order valence-electron chi connectivity index (χ2n) is 8.20. The maximum absolute atomic E-state index is 13.4. The molecule has 0 saturated heterocycles. The van der Waals surface area contributed by atoms with Crippen LogP contribution in [-0.2, 0) is 24.5 Å². The quantitative estimate of drug-likeness (QED) is 0.551. The minimum atomic E-state index is -0.529. The molecule has 174 valence electrons. The average molecular weight is 448 g/mol. The fourth-order valence-corrected chi connectivity index (χ4v) is 4.51. The molecule has 33 heavy (non-hydrogen) atoms.